The van der Waals surface area contributed by atoms with Gasteiger partial charge in [-0.25, -0.2) is 13.2 Å². The molecule has 0 saturated carbocycles. The zero-order chi connectivity index (χ0) is 18.9. The van der Waals surface area contributed by atoms with Crippen molar-refractivity contribution in [2.45, 2.75) is 18.7 Å². The van der Waals surface area contributed by atoms with Crippen LogP contribution < -0.4 is 5.32 Å². The molecule has 1 heterocycles. The van der Waals surface area contributed by atoms with Crippen molar-refractivity contribution in [1.82, 2.24) is 0 Å². The summed E-state index contributed by atoms with van der Waals surface area (Å²) in [5.74, 6) is -1.17. The van der Waals surface area contributed by atoms with Crippen LogP contribution in [0.5, 0.6) is 0 Å². The van der Waals surface area contributed by atoms with Crippen LogP contribution in [0.25, 0.3) is 0 Å². The summed E-state index contributed by atoms with van der Waals surface area (Å²) in [6.45, 7) is 3.57. The molecule has 2 rings (SSSR count). The van der Waals surface area contributed by atoms with E-state index in [4.69, 9.17) is 16.3 Å². The fraction of sp³-hybridized carbons (Fsp3) is 0.250. The fourth-order valence-corrected chi connectivity index (χ4v) is 4.04. The van der Waals surface area contributed by atoms with Gasteiger partial charge in [0.15, 0.2) is 9.84 Å². The van der Waals surface area contributed by atoms with Crippen molar-refractivity contribution in [3.63, 3.8) is 0 Å². The van der Waals surface area contributed by atoms with Crippen LogP contribution in [0.2, 0.25) is 5.02 Å². The quantitative estimate of drug-likeness (QED) is 0.792. The maximum Gasteiger partial charge on any atom is 0.341 e. The van der Waals surface area contributed by atoms with Crippen molar-refractivity contribution >= 4 is 49.7 Å². The van der Waals surface area contributed by atoms with E-state index in [0.29, 0.717) is 10.6 Å². The maximum atomic E-state index is 12.6. The van der Waals surface area contributed by atoms with Gasteiger partial charge in [-0.15, -0.1) is 11.3 Å². The molecular weight excluding hydrogens is 386 g/mol. The molecule has 0 spiro atoms. The van der Waals surface area contributed by atoms with Gasteiger partial charge < -0.3 is 10.1 Å². The monoisotopic (exact) mass is 401 g/mol. The number of sulfone groups is 1. The molecule has 0 aliphatic carbocycles. The van der Waals surface area contributed by atoms with Gasteiger partial charge in [-0.3, -0.25) is 4.79 Å². The lowest BCUT2D eigenvalue weighted by Crippen LogP contribution is -2.15. The molecule has 0 radical (unpaired) electrons. The molecule has 0 aliphatic rings. The van der Waals surface area contributed by atoms with Crippen molar-refractivity contribution in [3.8, 4) is 0 Å². The molecule has 134 valence electrons. The number of amides is 1. The van der Waals surface area contributed by atoms with E-state index in [9.17, 15) is 18.0 Å². The van der Waals surface area contributed by atoms with Gasteiger partial charge in [0, 0.05) is 11.1 Å². The number of rotatable bonds is 4. The topological polar surface area (TPSA) is 89.5 Å². The van der Waals surface area contributed by atoms with Gasteiger partial charge in [0.05, 0.1) is 28.2 Å². The summed E-state index contributed by atoms with van der Waals surface area (Å²) in [4.78, 5) is 25.4. The first-order valence-corrected chi connectivity index (χ1v) is 10.1. The number of carbonyl (C=O) groups is 2. The fourth-order valence-electron chi connectivity index (χ4n) is 2.14. The molecule has 9 heteroatoms. The number of methoxy groups -OCH3 is 1. The highest BCUT2D eigenvalue weighted by Gasteiger charge is 2.23. The van der Waals surface area contributed by atoms with E-state index in [0.717, 1.165) is 11.1 Å². The Morgan fingerprint density at radius 2 is 1.88 bits per heavy atom. The lowest BCUT2D eigenvalue weighted by molar-refractivity contribution is 0.0601. The van der Waals surface area contributed by atoms with Crippen molar-refractivity contribution in [2.75, 3.05) is 18.7 Å². The number of anilines is 1. The first-order chi connectivity index (χ1) is 11.6. The van der Waals surface area contributed by atoms with Crippen molar-refractivity contribution in [3.05, 3.63) is 44.8 Å². The van der Waals surface area contributed by atoms with Crippen molar-refractivity contribution < 1.29 is 22.7 Å². The van der Waals surface area contributed by atoms with Crippen LogP contribution in [-0.2, 0) is 14.6 Å². The second kappa shape index (κ2) is 7.15. The lowest BCUT2D eigenvalue weighted by Gasteiger charge is -2.09. The summed E-state index contributed by atoms with van der Waals surface area (Å²) in [6.07, 6.45) is 1.04. The first-order valence-electron chi connectivity index (χ1n) is 7.05. The number of benzene rings is 1. The van der Waals surface area contributed by atoms with E-state index in [-0.39, 0.29) is 21.0 Å². The summed E-state index contributed by atoms with van der Waals surface area (Å²) in [5, 5.41) is 3.06. The van der Waals surface area contributed by atoms with E-state index in [1.165, 1.54) is 36.6 Å². The SMILES string of the molecule is COC(=O)c1c(NC(=O)c2cc(S(C)(=O)=O)ccc2Cl)sc(C)c1C. The number of hydrogen-bond donors (Lipinski definition) is 1. The minimum Gasteiger partial charge on any atom is -0.465 e. The molecule has 1 aromatic carbocycles. The summed E-state index contributed by atoms with van der Waals surface area (Å²) in [6, 6.07) is 3.88. The third-order valence-electron chi connectivity index (χ3n) is 3.61. The van der Waals surface area contributed by atoms with E-state index >= 15 is 0 Å². The molecule has 0 aliphatic heterocycles. The highest BCUT2D eigenvalue weighted by molar-refractivity contribution is 7.90. The maximum absolute atomic E-state index is 12.6. The molecule has 0 unspecified atom stereocenters. The van der Waals surface area contributed by atoms with Gasteiger partial charge >= 0.3 is 5.97 Å². The van der Waals surface area contributed by atoms with E-state index < -0.39 is 21.7 Å². The van der Waals surface area contributed by atoms with Crippen molar-refractivity contribution in [2.24, 2.45) is 0 Å². The molecule has 6 nitrogen and oxygen atoms in total. The molecule has 1 N–H and O–H groups in total. The first kappa shape index (κ1) is 19.4. The van der Waals surface area contributed by atoms with Gasteiger partial charge in [-0.2, -0.15) is 0 Å². The number of aryl methyl sites for hydroxylation is 1. The molecule has 2 aromatic rings. The molecule has 0 bridgehead atoms. The Morgan fingerprint density at radius 3 is 2.44 bits per heavy atom. The van der Waals surface area contributed by atoms with Gasteiger partial charge in [0.25, 0.3) is 5.91 Å². The molecule has 1 amide bonds. The Balaban J connectivity index is 2.45. The molecule has 0 atom stereocenters. The predicted octanol–water partition coefficient (Wildman–Crippen LogP) is 3.46. The average molecular weight is 402 g/mol. The Kier molecular flexibility index (Phi) is 5.55. The standard InChI is InChI=1S/C16H16ClNO5S2/c1-8-9(2)24-15(13(8)16(20)23-3)18-14(19)11-7-10(25(4,21)22)5-6-12(11)17/h5-7H,1-4H3,(H,18,19). The largest absolute Gasteiger partial charge is 0.465 e. The number of halogens is 1. The molecular formula is C16H16ClNO5S2. The van der Waals surface area contributed by atoms with Crippen LogP contribution in [0, 0.1) is 13.8 Å². The van der Waals surface area contributed by atoms with Crippen LogP contribution in [-0.4, -0.2) is 33.7 Å². The second-order valence-corrected chi connectivity index (χ2v) is 8.99. The van der Waals surface area contributed by atoms with E-state index in [2.05, 4.69) is 5.32 Å². The second-order valence-electron chi connectivity index (χ2n) is 5.35. The van der Waals surface area contributed by atoms with Crippen LogP contribution in [0.15, 0.2) is 23.1 Å². The molecule has 25 heavy (non-hydrogen) atoms. The van der Waals surface area contributed by atoms with Crippen LogP contribution in [0.1, 0.15) is 31.2 Å². The molecule has 0 fully saturated rings. The Labute approximate surface area is 154 Å². The average Bonchev–Trinajstić information content (AvgIpc) is 2.80. The Bertz CT molecular complexity index is 963. The summed E-state index contributed by atoms with van der Waals surface area (Å²) in [5.41, 5.74) is 0.987. The minimum absolute atomic E-state index is 0.00381. The highest BCUT2D eigenvalue weighted by atomic mass is 35.5. The summed E-state index contributed by atoms with van der Waals surface area (Å²) < 4.78 is 28.1. The number of thiophene rings is 1. The van der Waals surface area contributed by atoms with Gasteiger partial charge in [0.2, 0.25) is 0 Å². The van der Waals surface area contributed by atoms with Gasteiger partial charge in [-0.05, 0) is 37.6 Å². The zero-order valence-electron chi connectivity index (χ0n) is 14.0. The van der Waals surface area contributed by atoms with Crippen LogP contribution >= 0.6 is 22.9 Å². The Hall–Kier alpha value is -1.90. The van der Waals surface area contributed by atoms with Crippen molar-refractivity contribution in [1.29, 1.82) is 0 Å². The number of carbonyl (C=O) groups excluding carboxylic acids is 2. The van der Waals surface area contributed by atoms with Crippen LogP contribution in [0.4, 0.5) is 5.00 Å². The number of ether oxygens (including phenoxy) is 1. The zero-order valence-corrected chi connectivity index (χ0v) is 16.4. The third-order valence-corrected chi connectivity index (χ3v) is 6.18. The lowest BCUT2D eigenvalue weighted by atomic mass is 10.1. The normalized spacial score (nSPS) is 11.2. The smallest absolute Gasteiger partial charge is 0.341 e. The predicted molar refractivity (Wildman–Crippen MR) is 97.6 cm³/mol. The number of nitrogens with one attached hydrogen (secondary N) is 1. The Morgan fingerprint density at radius 1 is 1.24 bits per heavy atom. The van der Waals surface area contributed by atoms with Crippen LogP contribution in [0.3, 0.4) is 0 Å². The summed E-state index contributed by atoms with van der Waals surface area (Å²) in [7, 11) is -2.23. The number of hydrogen-bond acceptors (Lipinski definition) is 6. The van der Waals surface area contributed by atoms with E-state index in [1.54, 1.807) is 6.92 Å². The number of esters is 1. The van der Waals surface area contributed by atoms with Gasteiger partial charge in [-0.1, -0.05) is 11.6 Å². The molecule has 0 saturated heterocycles. The highest BCUT2D eigenvalue weighted by Crippen LogP contribution is 2.33. The van der Waals surface area contributed by atoms with E-state index in [1.807, 2.05) is 6.92 Å². The minimum atomic E-state index is -3.49. The molecule has 1 aromatic heterocycles. The summed E-state index contributed by atoms with van der Waals surface area (Å²) >= 11 is 7.26. The van der Waals surface area contributed by atoms with Gasteiger partial charge in [0.1, 0.15) is 5.00 Å². The third kappa shape index (κ3) is 4.02.